The van der Waals surface area contributed by atoms with E-state index in [0.29, 0.717) is 0 Å². The molecule has 0 aromatic rings. The van der Waals surface area contributed by atoms with Crippen molar-refractivity contribution in [1.82, 2.24) is 0 Å². The zero-order chi connectivity index (χ0) is 10.2. The second kappa shape index (κ2) is 7.17. The predicted molar refractivity (Wildman–Crippen MR) is 70.1 cm³/mol. The monoisotopic (exact) mass is 212 g/mol. The van der Waals surface area contributed by atoms with Crippen molar-refractivity contribution >= 4 is 10.9 Å². The van der Waals surface area contributed by atoms with E-state index in [9.17, 15) is 0 Å². The van der Waals surface area contributed by atoms with Crippen molar-refractivity contribution in [1.29, 1.82) is 0 Å². The summed E-state index contributed by atoms with van der Waals surface area (Å²) in [5.74, 6) is 1.43. The lowest BCUT2D eigenvalue weighted by molar-refractivity contribution is 0.627. The molecular weight excluding hydrogens is 188 g/mol. The van der Waals surface area contributed by atoms with Crippen LogP contribution in [0.25, 0.3) is 0 Å². The maximum Gasteiger partial charge on any atom is -0.0185 e. The third kappa shape index (κ3) is 4.90. The molecule has 0 aliphatic carbocycles. The molecular formula is C13H24S. The summed E-state index contributed by atoms with van der Waals surface area (Å²) in [6, 6.07) is 0. The van der Waals surface area contributed by atoms with E-state index < -0.39 is 0 Å². The predicted octanol–water partition coefficient (Wildman–Crippen LogP) is 4.78. The lowest BCUT2D eigenvalue weighted by atomic mass is 10.1. The SMILES string of the molecule is CCCCCCCC[SH]1C=CC(C)=C1. The first-order valence-corrected chi connectivity index (χ1v) is 7.62. The minimum atomic E-state index is 0.148. The van der Waals surface area contributed by atoms with Gasteiger partial charge in [0.1, 0.15) is 0 Å². The second-order valence-electron chi connectivity index (χ2n) is 4.19. The van der Waals surface area contributed by atoms with Crippen LogP contribution in [0, 0.1) is 0 Å². The summed E-state index contributed by atoms with van der Waals surface area (Å²) in [5.41, 5.74) is 1.47. The Morgan fingerprint density at radius 3 is 2.43 bits per heavy atom. The Morgan fingerprint density at radius 2 is 1.79 bits per heavy atom. The van der Waals surface area contributed by atoms with Crippen molar-refractivity contribution in [3.63, 3.8) is 0 Å². The summed E-state index contributed by atoms with van der Waals surface area (Å²) in [4.78, 5) is 0. The van der Waals surface area contributed by atoms with Crippen LogP contribution < -0.4 is 0 Å². The lowest BCUT2D eigenvalue weighted by Gasteiger charge is -2.08. The highest BCUT2D eigenvalue weighted by molar-refractivity contribution is 8.22. The summed E-state index contributed by atoms with van der Waals surface area (Å²) in [6.07, 6.45) is 10.8. The largest absolute Gasteiger partial charge is 0.213 e. The van der Waals surface area contributed by atoms with Gasteiger partial charge in [-0.15, -0.1) is 0 Å². The van der Waals surface area contributed by atoms with Gasteiger partial charge in [-0.3, -0.25) is 0 Å². The first-order chi connectivity index (χ1) is 6.83. The van der Waals surface area contributed by atoms with Gasteiger partial charge in [0.2, 0.25) is 0 Å². The van der Waals surface area contributed by atoms with Crippen LogP contribution in [-0.4, -0.2) is 5.75 Å². The number of unbranched alkanes of at least 4 members (excludes halogenated alkanes) is 5. The third-order valence-corrected chi connectivity index (χ3v) is 4.77. The second-order valence-corrected chi connectivity index (χ2v) is 6.23. The lowest BCUT2D eigenvalue weighted by Crippen LogP contribution is -1.84. The molecule has 0 saturated heterocycles. The number of rotatable bonds is 7. The Balaban J connectivity index is 1.92. The van der Waals surface area contributed by atoms with Gasteiger partial charge in [-0.25, -0.2) is 10.9 Å². The van der Waals surface area contributed by atoms with Gasteiger partial charge >= 0.3 is 0 Å². The fourth-order valence-electron chi connectivity index (χ4n) is 1.77. The Kier molecular flexibility index (Phi) is 6.09. The van der Waals surface area contributed by atoms with E-state index in [2.05, 4.69) is 30.7 Å². The van der Waals surface area contributed by atoms with E-state index in [1.54, 1.807) is 0 Å². The van der Waals surface area contributed by atoms with Crippen molar-refractivity contribution < 1.29 is 0 Å². The van der Waals surface area contributed by atoms with E-state index >= 15 is 0 Å². The summed E-state index contributed by atoms with van der Waals surface area (Å²) < 4.78 is 0. The van der Waals surface area contributed by atoms with Crippen LogP contribution in [-0.2, 0) is 0 Å². The summed E-state index contributed by atoms with van der Waals surface area (Å²) in [7, 11) is 0.148. The van der Waals surface area contributed by atoms with Crippen LogP contribution in [0.4, 0.5) is 0 Å². The van der Waals surface area contributed by atoms with Gasteiger partial charge in [0.05, 0.1) is 0 Å². The van der Waals surface area contributed by atoms with Crippen molar-refractivity contribution in [3.8, 4) is 0 Å². The molecule has 1 unspecified atom stereocenters. The normalized spacial score (nSPS) is 22.7. The van der Waals surface area contributed by atoms with Crippen molar-refractivity contribution in [3.05, 3.63) is 22.5 Å². The van der Waals surface area contributed by atoms with Gasteiger partial charge < -0.3 is 0 Å². The Hall–Kier alpha value is -0.170. The summed E-state index contributed by atoms with van der Waals surface area (Å²) in [6.45, 7) is 4.49. The molecule has 1 aliphatic heterocycles. The van der Waals surface area contributed by atoms with Crippen LogP contribution in [0.3, 0.4) is 0 Å². The molecule has 1 aliphatic rings. The fourth-order valence-corrected chi connectivity index (χ4v) is 3.76. The average Bonchev–Trinajstić information content (AvgIpc) is 2.58. The van der Waals surface area contributed by atoms with E-state index in [0.717, 1.165) is 0 Å². The molecule has 0 saturated carbocycles. The molecule has 0 fully saturated rings. The van der Waals surface area contributed by atoms with Crippen LogP contribution in [0.1, 0.15) is 52.4 Å². The van der Waals surface area contributed by atoms with E-state index in [1.165, 1.54) is 49.9 Å². The van der Waals surface area contributed by atoms with Crippen LogP contribution in [0.15, 0.2) is 22.5 Å². The molecule has 14 heavy (non-hydrogen) atoms. The van der Waals surface area contributed by atoms with Gasteiger partial charge in [-0.1, -0.05) is 45.1 Å². The highest BCUT2D eigenvalue weighted by Gasteiger charge is 2.01. The molecule has 0 aromatic heterocycles. The smallest absolute Gasteiger partial charge is 0.0185 e. The number of thiol groups is 1. The summed E-state index contributed by atoms with van der Waals surface area (Å²) >= 11 is 0. The molecule has 1 heterocycles. The van der Waals surface area contributed by atoms with Crippen LogP contribution in [0.5, 0.6) is 0 Å². The standard InChI is InChI=1S/C13H24S/c1-3-4-5-6-7-8-10-14-11-9-13(2)12-14/h9,11-12,14H,3-8,10H2,1-2H3. The molecule has 0 aromatic carbocycles. The van der Waals surface area contributed by atoms with Gasteiger partial charge in [0.15, 0.2) is 0 Å². The average molecular weight is 212 g/mol. The van der Waals surface area contributed by atoms with Crippen molar-refractivity contribution in [2.45, 2.75) is 52.4 Å². The molecule has 1 atom stereocenters. The highest BCUT2D eigenvalue weighted by Crippen LogP contribution is 2.36. The van der Waals surface area contributed by atoms with E-state index in [4.69, 9.17) is 0 Å². The van der Waals surface area contributed by atoms with Crippen molar-refractivity contribution in [2.24, 2.45) is 0 Å². The molecule has 1 rings (SSSR count). The number of hydrogen-bond donors (Lipinski definition) is 1. The molecule has 0 nitrogen and oxygen atoms in total. The maximum atomic E-state index is 2.46. The Labute approximate surface area is 91.8 Å². The zero-order valence-electron chi connectivity index (χ0n) is 9.63. The first kappa shape index (κ1) is 11.9. The van der Waals surface area contributed by atoms with Gasteiger partial charge in [0.25, 0.3) is 0 Å². The quantitative estimate of drug-likeness (QED) is 0.456. The first-order valence-electron chi connectivity index (χ1n) is 5.95. The Bertz CT molecular complexity index is 203. The highest BCUT2D eigenvalue weighted by atomic mass is 32.2. The van der Waals surface area contributed by atoms with Crippen LogP contribution >= 0.6 is 10.9 Å². The maximum absolute atomic E-state index is 2.46. The summed E-state index contributed by atoms with van der Waals surface area (Å²) in [5, 5.41) is 4.87. The minimum Gasteiger partial charge on any atom is -0.213 e. The number of allylic oxidation sites excluding steroid dienone is 2. The van der Waals surface area contributed by atoms with Gasteiger partial charge in [-0.05, 0) is 35.5 Å². The van der Waals surface area contributed by atoms with Gasteiger partial charge in [-0.2, -0.15) is 0 Å². The topological polar surface area (TPSA) is 0 Å². The molecule has 0 N–H and O–H groups in total. The zero-order valence-corrected chi connectivity index (χ0v) is 10.5. The molecule has 0 amide bonds. The molecule has 82 valence electrons. The van der Waals surface area contributed by atoms with E-state index in [-0.39, 0.29) is 10.9 Å². The Morgan fingerprint density at radius 1 is 1.07 bits per heavy atom. The molecule has 0 radical (unpaired) electrons. The molecule has 1 heteroatoms. The van der Waals surface area contributed by atoms with Crippen molar-refractivity contribution in [2.75, 3.05) is 5.75 Å². The minimum absolute atomic E-state index is 0.148. The number of hydrogen-bond acceptors (Lipinski definition) is 0. The molecule has 0 spiro atoms. The van der Waals surface area contributed by atoms with Gasteiger partial charge in [0, 0.05) is 0 Å². The third-order valence-electron chi connectivity index (χ3n) is 2.67. The van der Waals surface area contributed by atoms with Crippen LogP contribution in [0.2, 0.25) is 0 Å². The molecule has 0 bridgehead atoms. The van der Waals surface area contributed by atoms with E-state index in [1.807, 2.05) is 0 Å². The fraction of sp³-hybridized carbons (Fsp3) is 0.692.